The fourth-order valence-electron chi connectivity index (χ4n) is 0.419. The van der Waals surface area contributed by atoms with E-state index in [0.717, 1.165) is 0 Å². The van der Waals surface area contributed by atoms with Gasteiger partial charge in [0, 0.05) is 0 Å². The molecule has 0 saturated heterocycles. The van der Waals surface area contributed by atoms with Gasteiger partial charge >= 0.3 is 0 Å². The Labute approximate surface area is 56.6 Å². The van der Waals surface area contributed by atoms with E-state index in [1.807, 2.05) is 0 Å². The first kappa shape index (κ1) is 9.76. The van der Waals surface area contributed by atoms with E-state index in [1.165, 1.54) is 0 Å². The first-order valence-electron chi connectivity index (χ1n) is 2.43. The van der Waals surface area contributed by atoms with Gasteiger partial charge in [-0.2, -0.15) is 0 Å². The molecule has 0 aromatic carbocycles. The summed E-state index contributed by atoms with van der Waals surface area (Å²) in [5.74, 6) is 0. The van der Waals surface area contributed by atoms with Crippen LogP contribution >= 0.6 is 16.8 Å². The van der Waals surface area contributed by atoms with Crippen molar-refractivity contribution in [3.05, 3.63) is 0 Å². The van der Waals surface area contributed by atoms with Crippen molar-refractivity contribution in [2.45, 2.75) is 12.1 Å². The normalized spacial score (nSPS) is 11.6. The third kappa shape index (κ3) is 3.46. The second-order valence-corrected chi connectivity index (χ2v) is 4.47. The van der Waals surface area contributed by atoms with Crippen LogP contribution in [0.5, 0.6) is 0 Å². The molecule has 0 aliphatic rings. The quantitative estimate of drug-likeness (QED) is 0.335. The third-order valence-electron chi connectivity index (χ3n) is 0.898. The lowest BCUT2D eigenvalue weighted by molar-refractivity contribution is 0.462. The van der Waals surface area contributed by atoms with Gasteiger partial charge in [-0.3, -0.25) is 0 Å². The van der Waals surface area contributed by atoms with E-state index in [1.54, 1.807) is 6.82 Å². The van der Waals surface area contributed by atoms with Gasteiger partial charge in [0.1, 0.15) is 7.28 Å². The van der Waals surface area contributed by atoms with Gasteiger partial charge in [-0.25, -0.2) is 0 Å². The molecule has 7 heteroatoms. The summed E-state index contributed by atoms with van der Waals surface area (Å²) in [7, 11) is -3.96. The minimum Gasteiger partial charge on any atom is -0.350 e. The molecule has 0 radical (unpaired) electrons. The fourth-order valence-corrected chi connectivity index (χ4v) is 1.81. The summed E-state index contributed by atoms with van der Waals surface area (Å²) in [6.45, 7) is 1.67. The maximum atomic E-state index is 8.50. The fraction of sp³-hybridized carbons (Fsp3) is 1.00. The van der Waals surface area contributed by atoms with Gasteiger partial charge in [0.05, 0.1) is 5.30 Å². The highest BCUT2D eigenvalue weighted by Gasteiger charge is 2.23. The molecule has 0 fully saturated rings. The van der Waals surface area contributed by atoms with Gasteiger partial charge in [0.25, 0.3) is 0 Å². The lowest BCUT2D eigenvalue weighted by Crippen LogP contribution is -2.08. The Morgan fingerprint density at radius 1 is 1.11 bits per heavy atom. The van der Waals surface area contributed by atoms with Crippen LogP contribution < -0.4 is 0 Å². The molecule has 0 amide bonds. The first-order chi connectivity index (χ1) is 4.09. The molecule has 0 heterocycles. The Hall–Kier alpha value is 0.765. The van der Waals surface area contributed by atoms with Gasteiger partial charge in [0.2, 0.25) is 0 Å². The van der Waals surface area contributed by atoms with Crippen LogP contribution in [0.3, 0.4) is 0 Å². The molecule has 0 saturated carbocycles. The summed E-state index contributed by atoms with van der Waals surface area (Å²) in [6, 6.07) is 0. The predicted molar refractivity (Wildman–Crippen MR) is 39.5 cm³/mol. The van der Waals surface area contributed by atoms with Crippen LogP contribution in [0.25, 0.3) is 0 Å². The summed E-state index contributed by atoms with van der Waals surface area (Å²) < 4.78 is 0. The highest BCUT2D eigenvalue weighted by molar-refractivity contribution is 7.67. The van der Waals surface area contributed by atoms with E-state index < -0.39 is 22.1 Å². The topological polar surface area (TPSA) is 80.9 Å². The molecule has 9 heavy (non-hydrogen) atoms. The van der Waals surface area contributed by atoms with Crippen molar-refractivity contribution in [2.24, 2.45) is 0 Å². The molecule has 0 aliphatic carbocycles. The molecule has 4 N–H and O–H groups in total. The second kappa shape index (κ2) is 4.56. The van der Waals surface area contributed by atoms with E-state index >= 15 is 0 Å². The summed E-state index contributed by atoms with van der Waals surface area (Å²) in [5.41, 5.74) is 0. The van der Waals surface area contributed by atoms with Crippen LogP contribution in [0.4, 0.5) is 0 Å². The lowest BCUT2D eigenvalue weighted by atomic mass is 9.86. The number of hydrogen-bond acceptors (Lipinski definition) is 4. The van der Waals surface area contributed by atoms with E-state index in [2.05, 4.69) is 0 Å². The van der Waals surface area contributed by atoms with Crippen molar-refractivity contribution in [2.75, 3.05) is 0 Å². The number of rotatable bonds is 3. The van der Waals surface area contributed by atoms with Crippen LogP contribution in [-0.2, 0) is 0 Å². The van der Waals surface area contributed by atoms with E-state index in [4.69, 9.17) is 19.6 Å². The van der Waals surface area contributed by atoms with Crippen molar-refractivity contribution in [3.63, 3.8) is 0 Å². The van der Waals surface area contributed by atoms with Crippen LogP contribution in [0.2, 0.25) is 6.82 Å². The molecule has 0 atom stereocenters. The molecule has 0 bridgehead atoms. The van der Waals surface area contributed by atoms with Gasteiger partial charge in [-0.15, -0.1) is 0 Å². The summed E-state index contributed by atoms with van der Waals surface area (Å²) in [5, 5.41) is -0.727. The Bertz CT molecular complexity index is 71.0. The molecular weight excluding hydrogens is 161 g/mol. The van der Waals surface area contributed by atoms with Gasteiger partial charge in [-0.1, -0.05) is 6.82 Å². The van der Waals surface area contributed by atoms with Crippen LogP contribution in [0.1, 0.15) is 0 Å². The molecule has 0 aromatic rings. The molecular formula is C2H9BO4P2. The first-order valence-corrected chi connectivity index (χ1v) is 5.06. The molecule has 0 rings (SSSR count). The minimum atomic E-state index is -2.17. The molecule has 0 aliphatic heterocycles. The molecule has 4 nitrogen and oxygen atoms in total. The maximum Gasteiger partial charge on any atom is 0.169 e. The Morgan fingerprint density at radius 2 is 1.44 bits per heavy atom. The Kier molecular flexibility index (Phi) is 4.95. The predicted octanol–water partition coefficient (Wildman–Crippen LogP) is -0.652. The summed E-state index contributed by atoms with van der Waals surface area (Å²) in [4.78, 5) is 34.0. The van der Waals surface area contributed by atoms with Crippen molar-refractivity contribution >= 4 is 24.0 Å². The second-order valence-electron chi connectivity index (χ2n) is 1.53. The van der Waals surface area contributed by atoms with Crippen molar-refractivity contribution in [1.82, 2.24) is 0 Å². The minimum absolute atomic E-state index is 0.386. The largest absolute Gasteiger partial charge is 0.350 e. The van der Waals surface area contributed by atoms with Gasteiger partial charge in [-0.05, 0) is 0 Å². The zero-order valence-corrected chi connectivity index (χ0v) is 6.76. The van der Waals surface area contributed by atoms with E-state index in [9.17, 15) is 0 Å². The highest BCUT2D eigenvalue weighted by Crippen LogP contribution is 2.47. The van der Waals surface area contributed by atoms with E-state index in [0.29, 0.717) is 7.28 Å². The highest BCUT2D eigenvalue weighted by atomic mass is 31.2. The molecule has 0 aromatic heterocycles. The summed E-state index contributed by atoms with van der Waals surface area (Å²) in [6.07, 6.45) is 0. The van der Waals surface area contributed by atoms with Crippen molar-refractivity contribution in [1.29, 1.82) is 0 Å². The van der Waals surface area contributed by atoms with Crippen LogP contribution in [0.15, 0.2) is 0 Å². The average molecular weight is 170 g/mol. The van der Waals surface area contributed by atoms with Gasteiger partial charge < -0.3 is 19.6 Å². The average Bonchev–Trinajstić information content (AvgIpc) is 1.64. The summed E-state index contributed by atoms with van der Waals surface area (Å²) >= 11 is 0. The third-order valence-corrected chi connectivity index (χ3v) is 3.93. The van der Waals surface area contributed by atoms with E-state index in [-0.39, 0.29) is 0 Å². The molecule has 54 valence electrons. The van der Waals surface area contributed by atoms with Crippen LogP contribution in [0, 0.1) is 0 Å². The Morgan fingerprint density at radius 3 is 1.44 bits per heavy atom. The van der Waals surface area contributed by atoms with Crippen molar-refractivity contribution < 1.29 is 19.6 Å². The molecule has 0 unspecified atom stereocenters. The monoisotopic (exact) mass is 170 g/mol. The van der Waals surface area contributed by atoms with Crippen LogP contribution in [-0.4, -0.2) is 32.2 Å². The number of hydrogen-bond donors (Lipinski definition) is 4. The Balaban J connectivity index is 3.68. The zero-order chi connectivity index (χ0) is 7.44. The maximum absolute atomic E-state index is 8.50. The lowest BCUT2D eigenvalue weighted by Gasteiger charge is -2.15. The zero-order valence-electron chi connectivity index (χ0n) is 4.97. The standard InChI is InChI=1S/C2H9BO4P2/c1-3-2(8(4)5)9(6)7/h2-7H,1H3. The molecule has 0 spiro atoms. The van der Waals surface area contributed by atoms with Crippen molar-refractivity contribution in [3.8, 4) is 0 Å². The van der Waals surface area contributed by atoms with Gasteiger partial charge in [0.15, 0.2) is 16.8 Å². The smallest absolute Gasteiger partial charge is 0.169 e. The SMILES string of the molecule is CBC(P(O)O)P(O)O.